The third kappa shape index (κ3) is 6.07. The first-order chi connectivity index (χ1) is 20.7. The number of hydrogen-bond acceptors (Lipinski definition) is 8. The van der Waals surface area contributed by atoms with Crippen LogP contribution in [0.5, 0.6) is 17.2 Å². The molecule has 4 aromatic rings. The van der Waals surface area contributed by atoms with Crippen molar-refractivity contribution in [1.82, 2.24) is 4.57 Å². The molecule has 0 saturated carbocycles. The van der Waals surface area contributed by atoms with E-state index in [2.05, 4.69) is 4.99 Å². The van der Waals surface area contributed by atoms with Gasteiger partial charge >= 0.3 is 5.97 Å². The molecule has 5 rings (SSSR count). The first-order valence-corrected chi connectivity index (χ1v) is 14.5. The zero-order valence-electron chi connectivity index (χ0n) is 23.9. The van der Waals surface area contributed by atoms with Gasteiger partial charge in [0.1, 0.15) is 18.2 Å². The summed E-state index contributed by atoms with van der Waals surface area (Å²) in [6.45, 7) is 3.52. The second kappa shape index (κ2) is 12.8. The number of esters is 1. The number of fused-ring (bicyclic) bond motifs is 1. The van der Waals surface area contributed by atoms with Crippen molar-refractivity contribution in [1.29, 1.82) is 0 Å². The Morgan fingerprint density at radius 2 is 1.86 bits per heavy atom. The van der Waals surface area contributed by atoms with Crippen molar-refractivity contribution in [2.45, 2.75) is 26.5 Å². The van der Waals surface area contributed by atoms with Crippen LogP contribution in [0.3, 0.4) is 0 Å². The summed E-state index contributed by atoms with van der Waals surface area (Å²) < 4.78 is 38.2. The number of halogens is 2. The molecule has 1 aromatic heterocycles. The highest BCUT2D eigenvalue weighted by Gasteiger charge is 2.33. The number of rotatable bonds is 9. The van der Waals surface area contributed by atoms with E-state index in [1.807, 2.05) is 12.1 Å². The minimum Gasteiger partial charge on any atom is -0.497 e. The molecule has 3 aromatic carbocycles. The topological polar surface area (TPSA) is 88.4 Å². The summed E-state index contributed by atoms with van der Waals surface area (Å²) in [4.78, 5) is 32.1. The fourth-order valence-corrected chi connectivity index (χ4v) is 6.02. The molecule has 0 amide bonds. The zero-order valence-corrected chi connectivity index (χ0v) is 25.4. The maximum Gasteiger partial charge on any atom is 0.338 e. The molecule has 8 nitrogen and oxygen atoms in total. The molecule has 11 heteroatoms. The van der Waals surface area contributed by atoms with Gasteiger partial charge in [-0.05, 0) is 67.4 Å². The van der Waals surface area contributed by atoms with E-state index in [0.717, 1.165) is 0 Å². The van der Waals surface area contributed by atoms with Crippen LogP contribution in [0.4, 0.5) is 4.39 Å². The predicted molar refractivity (Wildman–Crippen MR) is 162 cm³/mol. The normalized spacial score (nSPS) is 14.7. The molecule has 1 atom stereocenters. The molecular weight excluding hydrogens is 595 g/mol. The predicted octanol–water partition coefficient (Wildman–Crippen LogP) is 5.19. The lowest BCUT2D eigenvalue weighted by atomic mass is 9.96. The summed E-state index contributed by atoms with van der Waals surface area (Å²) in [5.41, 5.74) is 2.00. The van der Waals surface area contributed by atoms with Crippen LogP contribution in [0, 0.1) is 5.82 Å². The van der Waals surface area contributed by atoms with Crippen molar-refractivity contribution in [3.8, 4) is 17.2 Å². The van der Waals surface area contributed by atoms with Crippen molar-refractivity contribution in [3.63, 3.8) is 0 Å². The third-order valence-corrected chi connectivity index (χ3v) is 8.20. The molecule has 1 unspecified atom stereocenters. The maximum absolute atomic E-state index is 14.3. The highest BCUT2D eigenvalue weighted by atomic mass is 35.5. The van der Waals surface area contributed by atoms with E-state index in [-0.39, 0.29) is 34.9 Å². The summed E-state index contributed by atoms with van der Waals surface area (Å²) in [6, 6.07) is 16.0. The Bertz CT molecular complexity index is 1880. The SMILES string of the molecule is CCOC(=O)C1=C(C)N=c2s/c(=C\c3ccc(OC)c(OCc4c(F)cccc4Cl)c3)c(=O)n2C1c1ccc(OC)cc1. The van der Waals surface area contributed by atoms with Crippen molar-refractivity contribution >= 4 is 35.0 Å². The summed E-state index contributed by atoms with van der Waals surface area (Å²) >= 11 is 7.37. The molecule has 0 saturated heterocycles. The number of aromatic nitrogens is 1. The van der Waals surface area contributed by atoms with E-state index in [0.29, 0.717) is 43.4 Å². The van der Waals surface area contributed by atoms with E-state index in [4.69, 9.17) is 30.5 Å². The first kappa shape index (κ1) is 30.1. The largest absolute Gasteiger partial charge is 0.497 e. The summed E-state index contributed by atoms with van der Waals surface area (Å²) in [5.74, 6) is 0.405. The zero-order chi connectivity index (χ0) is 30.7. The third-order valence-electron chi connectivity index (χ3n) is 6.87. The number of benzene rings is 3. The van der Waals surface area contributed by atoms with Gasteiger partial charge in [0, 0.05) is 5.56 Å². The summed E-state index contributed by atoms with van der Waals surface area (Å²) in [7, 11) is 3.07. The van der Waals surface area contributed by atoms with Crippen LogP contribution >= 0.6 is 22.9 Å². The Hall–Kier alpha value is -4.41. The Balaban J connectivity index is 1.58. The van der Waals surface area contributed by atoms with Gasteiger partial charge in [-0.2, -0.15) is 0 Å². The number of carbonyl (C=O) groups is 1. The molecular formula is C32H28ClFN2O6S. The molecule has 0 fully saturated rings. The highest BCUT2D eigenvalue weighted by Crippen LogP contribution is 2.32. The van der Waals surface area contributed by atoms with E-state index < -0.39 is 17.8 Å². The van der Waals surface area contributed by atoms with Gasteiger partial charge in [-0.1, -0.05) is 47.2 Å². The van der Waals surface area contributed by atoms with E-state index in [1.165, 1.54) is 35.1 Å². The molecule has 43 heavy (non-hydrogen) atoms. The molecule has 0 bridgehead atoms. The van der Waals surface area contributed by atoms with Gasteiger partial charge in [0.2, 0.25) is 0 Å². The number of ether oxygens (including phenoxy) is 4. The fraction of sp³-hybridized carbons (Fsp3) is 0.219. The smallest absolute Gasteiger partial charge is 0.338 e. The average molecular weight is 623 g/mol. The average Bonchev–Trinajstić information content (AvgIpc) is 3.30. The first-order valence-electron chi connectivity index (χ1n) is 13.3. The number of nitrogens with zero attached hydrogens (tertiary/aromatic N) is 2. The fourth-order valence-electron chi connectivity index (χ4n) is 4.76. The van der Waals surface area contributed by atoms with Crippen LogP contribution in [0.1, 0.15) is 36.6 Å². The van der Waals surface area contributed by atoms with E-state index >= 15 is 0 Å². The number of methoxy groups -OCH3 is 2. The molecule has 0 aliphatic carbocycles. The van der Waals surface area contributed by atoms with Crippen LogP contribution in [-0.4, -0.2) is 31.4 Å². The number of carbonyl (C=O) groups excluding carboxylic acids is 1. The van der Waals surface area contributed by atoms with Crippen molar-refractivity contribution in [3.05, 3.63) is 119 Å². The lowest BCUT2D eigenvalue weighted by Gasteiger charge is -2.24. The van der Waals surface area contributed by atoms with Gasteiger partial charge in [0.15, 0.2) is 16.3 Å². The molecule has 1 aliphatic rings. The Labute approximate surface area is 255 Å². The summed E-state index contributed by atoms with van der Waals surface area (Å²) in [5, 5.41) is 0.250. The van der Waals surface area contributed by atoms with Gasteiger partial charge in [-0.3, -0.25) is 9.36 Å². The minimum absolute atomic E-state index is 0.120. The lowest BCUT2D eigenvalue weighted by molar-refractivity contribution is -0.139. The molecule has 1 aliphatic heterocycles. The minimum atomic E-state index is -0.747. The monoisotopic (exact) mass is 622 g/mol. The molecule has 0 radical (unpaired) electrons. The molecule has 2 heterocycles. The van der Waals surface area contributed by atoms with Crippen LogP contribution in [-0.2, 0) is 16.1 Å². The van der Waals surface area contributed by atoms with Crippen LogP contribution in [0.15, 0.2) is 81.7 Å². The Morgan fingerprint density at radius 1 is 1.09 bits per heavy atom. The second-order valence-corrected chi connectivity index (χ2v) is 10.9. The van der Waals surface area contributed by atoms with Gasteiger partial charge in [0.05, 0.1) is 47.7 Å². The lowest BCUT2D eigenvalue weighted by Crippen LogP contribution is -2.39. The highest BCUT2D eigenvalue weighted by molar-refractivity contribution is 7.07. The number of allylic oxidation sites excluding steroid dienone is 1. The quantitative estimate of drug-likeness (QED) is 0.239. The Morgan fingerprint density at radius 3 is 2.53 bits per heavy atom. The molecule has 0 N–H and O–H groups in total. The number of thiazole rings is 1. The number of hydrogen-bond donors (Lipinski definition) is 0. The molecule has 0 spiro atoms. The van der Waals surface area contributed by atoms with E-state index in [1.54, 1.807) is 63.4 Å². The summed E-state index contributed by atoms with van der Waals surface area (Å²) in [6.07, 6.45) is 1.71. The van der Waals surface area contributed by atoms with Crippen molar-refractivity contribution in [2.24, 2.45) is 4.99 Å². The Kier molecular flexibility index (Phi) is 8.98. The standard InChI is InChI=1S/C32H28ClFN2O6S/c1-5-41-31(38)28-18(2)35-32-36(29(28)20-10-12-21(39-3)13-11-20)30(37)27(43-32)16-19-9-14-25(40-4)26(15-19)42-17-22-23(33)7-6-8-24(22)34/h6-16,29H,5,17H2,1-4H3/b27-16-. The molecule has 222 valence electrons. The van der Waals surface area contributed by atoms with Crippen LogP contribution < -0.4 is 29.1 Å². The van der Waals surface area contributed by atoms with E-state index in [9.17, 15) is 14.0 Å². The van der Waals surface area contributed by atoms with Gasteiger partial charge in [0.25, 0.3) is 5.56 Å². The van der Waals surface area contributed by atoms with Crippen molar-refractivity contribution in [2.75, 3.05) is 20.8 Å². The second-order valence-electron chi connectivity index (χ2n) is 9.47. The van der Waals surface area contributed by atoms with Crippen molar-refractivity contribution < 1.29 is 28.1 Å². The van der Waals surface area contributed by atoms with Crippen LogP contribution in [0.25, 0.3) is 6.08 Å². The maximum atomic E-state index is 14.3. The van der Waals surface area contributed by atoms with Gasteiger partial charge < -0.3 is 18.9 Å². The van der Waals surface area contributed by atoms with Crippen LogP contribution in [0.2, 0.25) is 5.02 Å². The van der Waals surface area contributed by atoms with Gasteiger partial charge in [-0.15, -0.1) is 0 Å². The van der Waals surface area contributed by atoms with Gasteiger partial charge in [-0.25, -0.2) is 14.2 Å².